The number of nitrogens with zero attached hydrogens (tertiary/aromatic N) is 3. The monoisotopic (exact) mass is 359 g/mol. The van der Waals surface area contributed by atoms with E-state index in [9.17, 15) is 9.59 Å². The largest absolute Gasteiger partial charge is 0.355 e. The molecule has 3 heterocycles. The highest BCUT2D eigenvalue weighted by atomic mass is 32.1. The van der Waals surface area contributed by atoms with Gasteiger partial charge in [-0.3, -0.25) is 9.59 Å². The Morgan fingerprint density at radius 1 is 1.12 bits per heavy atom. The Morgan fingerprint density at radius 2 is 1.84 bits per heavy atom. The van der Waals surface area contributed by atoms with Crippen molar-refractivity contribution in [3.05, 3.63) is 29.3 Å². The van der Waals surface area contributed by atoms with Gasteiger partial charge >= 0.3 is 0 Å². The van der Waals surface area contributed by atoms with Gasteiger partial charge in [0.25, 0.3) is 5.91 Å². The SMILES string of the molecule is O=C(c1cc(-c2cccs2)on1)N1CCN(C(=O)C2CCCC2)CC1. The molecule has 0 N–H and O–H groups in total. The van der Waals surface area contributed by atoms with Crippen LogP contribution in [-0.4, -0.2) is 52.9 Å². The maximum atomic E-state index is 12.6. The van der Waals surface area contributed by atoms with E-state index >= 15 is 0 Å². The van der Waals surface area contributed by atoms with E-state index in [0.717, 1.165) is 30.6 Å². The van der Waals surface area contributed by atoms with Crippen molar-refractivity contribution in [2.75, 3.05) is 26.2 Å². The highest BCUT2D eigenvalue weighted by molar-refractivity contribution is 7.13. The minimum absolute atomic E-state index is 0.125. The lowest BCUT2D eigenvalue weighted by Gasteiger charge is -2.35. The predicted octanol–water partition coefficient (Wildman–Crippen LogP) is 2.88. The fourth-order valence-corrected chi connectivity index (χ4v) is 4.31. The molecule has 1 saturated carbocycles. The number of aromatic nitrogens is 1. The number of hydrogen-bond acceptors (Lipinski definition) is 5. The lowest BCUT2D eigenvalue weighted by Crippen LogP contribution is -2.51. The summed E-state index contributed by atoms with van der Waals surface area (Å²) in [5.41, 5.74) is 0.332. The Balaban J connectivity index is 1.36. The van der Waals surface area contributed by atoms with Gasteiger partial charge in [0, 0.05) is 38.2 Å². The van der Waals surface area contributed by atoms with E-state index < -0.39 is 0 Å². The van der Waals surface area contributed by atoms with E-state index in [0.29, 0.717) is 37.6 Å². The zero-order valence-electron chi connectivity index (χ0n) is 14.0. The van der Waals surface area contributed by atoms with Gasteiger partial charge in [-0.15, -0.1) is 11.3 Å². The maximum Gasteiger partial charge on any atom is 0.276 e. The van der Waals surface area contributed by atoms with Crippen molar-refractivity contribution in [3.8, 4) is 10.6 Å². The van der Waals surface area contributed by atoms with Gasteiger partial charge in [0.2, 0.25) is 5.91 Å². The van der Waals surface area contributed by atoms with Crippen LogP contribution in [0.3, 0.4) is 0 Å². The number of rotatable bonds is 3. The molecule has 1 saturated heterocycles. The molecule has 0 atom stereocenters. The second-order valence-corrected chi connectivity index (χ2v) is 7.60. The Labute approximate surface area is 150 Å². The number of piperazine rings is 1. The summed E-state index contributed by atoms with van der Waals surface area (Å²) in [5, 5.41) is 5.88. The van der Waals surface area contributed by atoms with Gasteiger partial charge in [0.05, 0.1) is 4.88 Å². The summed E-state index contributed by atoms with van der Waals surface area (Å²) in [6, 6.07) is 5.57. The molecule has 1 aliphatic heterocycles. The number of hydrogen-bond donors (Lipinski definition) is 0. The molecule has 0 bridgehead atoms. The van der Waals surface area contributed by atoms with Crippen LogP contribution in [0.5, 0.6) is 0 Å². The summed E-state index contributed by atoms with van der Waals surface area (Å²) in [7, 11) is 0. The molecule has 0 spiro atoms. The summed E-state index contributed by atoms with van der Waals surface area (Å²) < 4.78 is 5.30. The van der Waals surface area contributed by atoms with Crippen LogP contribution in [0.2, 0.25) is 0 Å². The van der Waals surface area contributed by atoms with Crippen molar-refractivity contribution in [2.45, 2.75) is 25.7 Å². The molecule has 1 aliphatic carbocycles. The van der Waals surface area contributed by atoms with Crippen molar-refractivity contribution in [1.29, 1.82) is 0 Å². The number of carbonyl (C=O) groups excluding carboxylic acids is 2. The van der Waals surface area contributed by atoms with Gasteiger partial charge in [-0.05, 0) is 24.3 Å². The van der Waals surface area contributed by atoms with Gasteiger partial charge in [-0.1, -0.05) is 24.1 Å². The maximum absolute atomic E-state index is 12.6. The van der Waals surface area contributed by atoms with E-state index in [4.69, 9.17) is 4.52 Å². The van der Waals surface area contributed by atoms with Crippen LogP contribution in [0.4, 0.5) is 0 Å². The van der Waals surface area contributed by atoms with Gasteiger partial charge in [0.1, 0.15) is 0 Å². The van der Waals surface area contributed by atoms with Crippen molar-refractivity contribution < 1.29 is 14.1 Å². The summed E-state index contributed by atoms with van der Waals surface area (Å²) in [6.07, 6.45) is 4.35. The van der Waals surface area contributed by atoms with Crippen LogP contribution in [-0.2, 0) is 4.79 Å². The molecule has 2 aromatic rings. The van der Waals surface area contributed by atoms with Gasteiger partial charge in [-0.2, -0.15) is 0 Å². The minimum atomic E-state index is -0.125. The van der Waals surface area contributed by atoms with Crippen molar-refractivity contribution in [2.24, 2.45) is 5.92 Å². The first-order valence-corrected chi connectivity index (χ1v) is 9.69. The van der Waals surface area contributed by atoms with Crippen LogP contribution in [0.25, 0.3) is 10.6 Å². The molecule has 7 heteroatoms. The fraction of sp³-hybridized carbons (Fsp3) is 0.500. The van der Waals surface area contributed by atoms with E-state index in [2.05, 4.69) is 5.16 Å². The molecule has 0 unspecified atom stereocenters. The number of thiophene rings is 1. The second-order valence-electron chi connectivity index (χ2n) is 6.65. The zero-order valence-corrected chi connectivity index (χ0v) is 14.8. The van der Waals surface area contributed by atoms with E-state index in [1.54, 1.807) is 22.3 Å². The highest BCUT2D eigenvalue weighted by Gasteiger charge is 2.31. The van der Waals surface area contributed by atoms with E-state index in [1.807, 2.05) is 22.4 Å². The van der Waals surface area contributed by atoms with Gasteiger partial charge in [-0.25, -0.2) is 0 Å². The Morgan fingerprint density at radius 3 is 2.52 bits per heavy atom. The third kappa shape index (κ3) is 3.33. The first-order chi connectivity index (χ1) is 12.2. The third-order valence-electron chi connectivity index (χ3n) is 5.08. The first-order valence-electron chi connectivity index (χ1n) is 8.81. The Hall–Kier alpha value is -2.15. The molecule has 2 aromatic heterocycles. The molecular formula is C18H21N3O3S. The molecule has 2 aliphatic rings. The molecule has 132 valence electrons. The first kappa shape index (κ1) is 16.3. The van der Waals surface area contributed by atoms with Crippen molar-refractivity contribution in [3.63, 3.8) is 0 Å². The quantitative estimate of drug-likeness (QED) is 0.845. The third-order valence-corrected chi connectivity index (χ3v) is 5.96. The molecule has 0 aromatic carbocycles. The molecule has 2 fully saturated rings. The van der Waals surface area contributed by atoms with Crippen LogP contribution in [0.15, 0.2) is 28.1 Å². The standard InChI is InChI=1S/C18H21N3O3S/c22-17(13-4-1-2-5-13)20-7-9-21(10-8-20)18(23)14-12-15(24-19-14)16-6-3-11-25-16/h3,6,11-13H,1-2,4-5,7-10H2. The highest BCUT2D eigenvalue weighted by Crippen LogP contribution is 2.28. The summed E-state index contributed by atoms with van der Waals surface area (Å²) in [5.74, 6) is 0.963. The van der Waals surface area contributed by atoms with E-state index in [1.165, 1.54) is 0 Å². The predicted molar refractivity (Wildman–Crippen MR) is 94.3 cm³/mol. The minimum Gasteiger partial charge on any atom is -0.355 e. The average Bonchev–Trinajstić information content (AvgIpc) is 3.42. The fourth-order valence-electron chi connectivity index (χ4n) is 3.63. The lowest BCUT2D eigenvalue weighted by atomic mass is 10.1. The Kier molecular flexibility index (Phi) is 4.57. The van der Waals surface area contributed by atoms with Crippen LogP contribution >= 0.6 is 11.3 Å². The van der Waals surface area contributed by atoms with Crippen molar-refractivity contribution >= 4 is 23.2 Å². The molecule has 2 amide bonds. The van der Waals surface area contributed by atoms with Crippen LogP contribution < -0.4 is 0 Å². The van der Waals surface area contributed by atoms with Crippen molar-refractivity contribution in [1.82, 2.24) is 15.0 Å². The van der Waals surface area contributed by atoms with Crippen LogP contribution in [0, 0.1) is 5.92 Å². The van der Waals surface area contributed by atoms with E-state index in [-0.39, 0.29) is 17.7 Å². The van der Waals surface area contributed by atoms with Gasteiger partial charge < -0.3 is 14.3 Å². The molecular weight excluding hydrogens is 338 g/mol. The average molecular weight is 359 g/mol. The van der Waals surface area contributed by atoms with Gasteiger partial charge in [0.15, 0.2) is 11.5 Å². The lowest BCUT2D eigenvalue weighted by molar-refractivity contribution is -0.136. The zero-order chi connectivity index (χ0) is 17.2. The topological polar surface area (TPSA) is 66.7 Å². The van der Waals surface area contributed by atoms with Crippen LogP contribution in [0.1, 0.15) is 36.2 Å². The second kappa shape index (κ2) is 7.00. The molecule has 25 heavy (non-hydrogen) atoms. The molecule has 0 radical (unpaired) electrons. The molecule has 6 nitrogen and oxygen atoms in total. The number of carbonyl (C=O) groups is 2. The Bertz CT molecular complexity index is 741. The smallest absolute Gasteiger partial charge is 0.276 e. The normalized spacial score (nSPS) is 18.7. The summed E-state index contributed by atoms with van der Waals surface area (Å²) in [4.78, 5) is 29.7. The summed E-state index contributed by atoms with van der Waals surface area (Å²) >= 11 is 1.55. The summed E-state index contributed by atoms with van der Waals surface area (Å²) in [6.45, 7) is 2.32. The molecule has 4 rings (SSSR count). The number of amides is 2.